The molecule has 8 heteroatoms. The first kappa shape index (κ1) is 21.8. The van der Waals surface area contributed by atoms with Crippen LogP contribution in [0.25, 0.3) is 5.70 Å². The normalized spacial score (nSPS) is 15.2. The Hall–Kier alpha value is -3.39. The van der Waals surface area contributed by atoms with E-state index in [1.807, 2.05) is 37.3 Å². The predicted octanol–water partition coefficient (Wildman–Crippen LogP) is 4.55. The van der Waals surface area contributed by atoms with Crippen molar-refractivity contribution in [1.82, 2.24) is 9.97 Å². The topological polar surface area (TPSA) is 84.1 Å². The number of anilines is 1. The summed E-state index contributed by atoms with van der Waals surface area (Å²) in [6, 6.07) is 15.1. The van der Waals surface area contributed by atoms with Crippen LogP contribution in [0.5, 0.6) is 0 Å². The van der Waals surface area contributed by atoms with Crippen LogP contribution in [0.4, 0.5) is 10.2 Å². The summed E-state index contributed by atoms with van der Waals surface area (Å²) in [6.07, 6.45) is 0. The SMILES string of the molecule is CCOC(=O)C1=C(c2ccccc2)Nc2nc(SCC)[nH]c(=O)c2C1c1ccc(F)cc1. The van der Waals surface area contributed by atoms with Crippen molar-refractivity contribution in [2.45, 2.75) is 24.9 Å². The molecule has 0 radical (unpaired) electrons. The van der Waals surface area contributed by atoms with Crippen LogP contribution in [-0.4, -0.2) is 28.3 Å². The van der Waals surface area contributed by atoms with Crippen molar-refractivity contribution >= 4 is 29.2 Å². The number of aromatic amines is 1. The first-order valence-electron chi connectivity index (χ1n) is 10.3. The Kier molecular flexibility index (Phi) is 6.41. The number of esters is 1. The minimum absolute atomic E-state index is 0.175. The average molecular weight is 452 g/mol. The molecule has 2 aromatic carbocycles. The molecule has 0 spiro atoms. The van der Waals surface area contributed by atoms with Gasteiger partial charge in [-0.25, -0.2) is 14.2 Å². The fourth-order valence-electron chi connectivity index (χ4n) is 3.75. The van der Waals surface area contributed by atoms with E-state index in [1.54, 1.807) is 19.1 Å². The number of aromatic nitrogens is 2. The first-order valence-corrected chi connectivity index (χ1v) is 11.3. The minimum atomic E-state index is -0.780. The number of thioether (sulfide) groups is 1. The standard InChI is InChI=1S/C24H22FN3O3S/c1-3-31-23(30)18-17(14-10-12-16(25)13-11-14)19-21(27-24(32-4-2)28-22(19)29)26-20(18)15-8-6-5-7-9-15/h5-13,17H,3-4H2,1-2H3,(H2,26,27,28,29). The lowest BCUT2D eigenvalue weighted by Gasteiger charge is -2.30. The van der Waals surface area contributed by atoms with Crippen LogP contribution in [-0.2, 0) is 9.53 Å². The van der Waals surface area contributed by atoms with Gasteiger partial charge in [0.1, 0.15) is 11.6 Å². The molecule has 0 fully saturated rings. The summed E-state index contributed by atoms with van der Waals surface area (Å²) in [5.41, 5.74) is 2.06. The van der Waals surface area contributed by atoms with Gasteiger partial charge in [-0.2, -0.15) is 0 Å². The number of carbonyl (C=O) groups excluding carboxylic acids is 1. The number of ether oxygens (including phenoxy) is 1. The first-order chi connectivity index (χ1) is 15.5. The van der Waals surface area contributed by atoms with Gasteiger partial charge in [0, 0.05) is 0 Å². The summed E-state index contributed by atoms with van der Waals surface area (Å²) in [4.78, 5) is 33.8. The summed E-state index contributed by atoms with van der Waals surface area (Å²) in [5, 5.41) is 3.69. The van der Waals surface area contributed by atoms with Crippen molar-refractivity contribution in [2.75, 3.05) is 17.7 Å². The molecule has 0 saturated carbocycles. The molecule has 0 bridgehead atoms. The number of nitrogens with one attached hydrogen (secondary N) is 2. The van der Waals surface area contributed by atoms with E-state index in [4.69, 9.17) is 4.74 Å². The van der Waals surface area contributed by atoms with Crippen LogP contribution in [0.15, 0.2) is 70.1 Å². The molecule has 1 aromatic heterocycles. The lowest BCUT2D eigenvalue weighted by atomic mass is 9.81. The van der Waals surface area contributed by atoms with Gasteiger partial charge in [0.15, 0.2) is 5.16 Å². The highest BCUT2D eigenvalue weighted by Crippen LogP contribution is 2.43. The Labute approximate surface area is 188 Å². The molecule has 2 heterocycles. The van der Waals surface area contributed by atoms with Crippen molar-refractivity contribution < 1.29 is 13.9 Å². The van der Waals surface area contributed by atoms with Crippen LogP contribution < -0.4 is 10.9 Å². The maximum absolute atomic E-state index is 13.7. The Balaban J connectivity index is 2.02. The van der Waals surface area contributed by atoms with Gasteiger partial charge < -0.3 is 15.0 Å². The van der Waals surface area contributed by atoms with Crippen molar-refractivity contribution in [3.63, 3.8) is 0 Å². The molecule has 1 aliphatic rings. The number of rotatable bonds is 6. The monoisotopic (exact) mass is 451 g/mol. The highest BCUT2D eigenvalue weighted by Gasteiger charge is 2.38. The molecular formula is C24H22FN3O3S. The molecule has 32 heavy (non-hydrogen) atoms. The van der Waals surface area contributed by atoms with Crippen molar-refractivity contribution in [3.8, 4) is 0 Å². The molecule has 2 N–H and O–H groups in total. The summed E-state index contributed by atoms with van der Waals surface area (Å²) >= 11 is 1.41. The maximum Gasteiger partial charge on any atom is 0.337 e. The molecule has 3 aromatic rings. The van der Waals surface area contributed by atoms with E-state index in [1.165, 1.54) is 23.9 Å². The lowest BCUT2D eigenvalue weighted by molar-refractivity contribution is -0.138. The molecular weight excluding hydrogens is 429 g/mol. The molecule has 1 aliphatic heterocycles. The summed E-state index contributed by atoms with van der Waals surface area (Å²) in [6.45, 7) is 3.86. The number of halogens is 1. The van der Waals surface area contributed by atoms with Crippen molar-refractivity contribution in [3.05, 3.63) is 93.0 Å². The fourth-order valence-corrected chi connectivity index (χ4v) is 4.35. The molecule has 0 saturated heterocycles. The summed E-state index contributed by atoms with van der Waals surface area (Å²) in [5.74, 6) is -0.637. The lowest BCUT2D eigenvalue weighted by Crippen LogP contribution is -2.31. The summed E-state index contributed by atoms with van der Waals surface area (Å²) < 4.78 is 19.1. The van der Waals surface area contributed by atoms with Crippen molar-refractivity contribution in [1.29, 1.82) is 0 Å². The number of hydrogen-bond acceptors (Lipinski definition) is 6. The Morgan fingerprint density at radius 3 is 2.50 bits per heavy atom. The second kappa shape index (κ2) is 9.40. The Morgan fingerprint density at radius 2 is 1.84 bits per heavy atom. The number of fused-ring (bicyclic) bond motifs is 1. The molecule has 0 amide bonds. The van der Waals surface area contributed by atoms with E-state index in [-0.39, 0.29) is 17.7 Å². The molecule has 4 rings (SSSR count). The van der Waals surface area contributed by atoms with Gasteiger partial charge in [0.05, 0.1) is 29.4 Å². The number of H-pyrrole nitrogens is 1. The maximum atomic E-state index is 13.7. The van der Waals surface area contributed by atoms with Crippen LogP contribution in [0, 0.1) is 5.82 Å². The number of hydrogen-bond donors (Lipinski definition) is 2. The van der Waals surface area contributed by atoms with Gasteiger partial charge in [-0.05, 0) is 35.9 Å². The highest BCUT2D eigenvalue weighted by molar-refractivity contribution is 7.99. The molecule has 0 aliphatic carbocycles. The van der Waals surface area contributed by atoms with Gasteiger partial charge >= 0.3 is 5.97 Å². The zero-order valence-corrected chi connectivity index (χ0v) is 18.5. The van der Waals surface area contributed by atoms with Gasteiger partial charge in [-0.15, -0.1) is 0 Å². The van der Waals surface area contributed by atoms with E-state index < -0.39 is 17.7 Å². The number of nitrogens with zero attached hydrogens (tertiary/aromatic N) is 1. The van der Waals surface area contributed by atoms with Crippen LogP contribution >= 0.6 is 11.8 Å². The van der Waals surface area contributed by atoms with Crippen LogP contribution in [0.2, 0.25) is 0 Å². The second-order valence-electron chi connectivity index (χ2n) is 7.05. The third kappa shape index (κ3) is 4.18. The van der Waals surface area contributed by atoms with E-state index >= 15 is 0 Å². The fraction of sp³-hybridized carbons (Fsp3) is 0.208. The van der Waals surface area contributed by atoms with Crippen molar-refractivity contribution in [2.24, 2.45) is 0 Å². The number of carbonyl (C=O) groups is 1. The number of benzene rings is 2. The smallest absolute Gasteiger partial charge is 0.337 e. The third-order valence-electron chi connectivity index (χ3n) is 5.07. The zero-order chi connectivity index (χ0) is 22.7. The Bertz CT molecular complexity index is 1220. The van der Waals surface area contributed by atoms with Gasteiger partial charge in [-0.1, -0.05) is 61.2 Å². The average Bonchev–Trinajstić information content (AvgIpc) is 2.79. The summed E-state index contributed by atoms with van der Waals surface area (Å²) in [7, 11) is 0. The minimum Gasteiger partial charge on any atom is -0.463 e. The molecule has 164 valence electrons. The van der Waals surface area contributed by atoms with Gasteiger partial charge in [-0.3, -0.25) is 4.79 Å². The van der Waals surface area contributed by atoms with E-state index in [0.717, 1.165) is 11.3 Å². The van der Waals surface area contributed by atoms with Gasteiger partial charge in [0.25, 0.3) is 5.56 Å². The quantitative estimate of drug-likeness (QED) is 0.325. The Morgan fingerprint density at radius 1 is 1.12 bits per heavy atom. The van der Waals surface area contributed by atoms with E-state index in [0.29, 0.717) is 27.8 Å². The second-order valence-corrected chi connectivity index (χ2v) is 8.30. The largest absolute Gasteiger partial charge is 0.463 e. The van der Waals surface area contributed by atoms with Crippen LogP contribution in [0.1, 0.15) is 36.5 Å². The third-order valence-corrected chi connectivity index (χ3v) is 5.82. The predicted molar refractivity (Wildman–Crippen MR) is 123 cm³/mol. The zero-order valence-electron chi connectivity index (χ0n) is 17.6. The van der Waals surface area contributed by atoms with E-state index in [2.05, 4.69) is 15.3 Å². The molecule has 1 unspecified atom stereocenters. The van der Waals surface area contributed by atoms with Crippen LogP contribution in [0.3, 0.4) is 0 Å². The molecule has 1 atom stereocenters. The van der Waals surface area contributed by atoms with Gasteiger partial charge in [0.2, 0.25) is 0 Å². The van der Waals surface area contributed by atoms with E-state index in [9.17, 15) is 14.0 Å². The highest BCUT2D eigenvalue weighted by atomic mass is 32.2. The molecule has 6 nitrogen and oxygen atoms in total.